The monoisotopic (exact) mass is 390 g/mol. The molecule has 1 aromatic heterocycles. The smallest absolute Gasteiger partial charge is 0.270 e. The van der Waals surface area contributed by atoms with E-state index in [9.17, 15) is 4.79 Å². The highest BCUT2D eigenvalue weighted by Gasteiger charge is 2.13. The van der Waals surface area contributed by atoms with Crippen molar-refractivity contribution >= 4 is 17.4 Å². The van der Waals surface area contributed by atoms with Gasteiger partial charge in [0.25, 0.3) is 5.91 Å². The van der Waals surface area contributed by atoms with Gasteiger partial charge in [0.2, 0.25) is 0 Å². The van der Waals surface area contributed by atoms with E-state index in [0.717, 1.165) is 24.1 Å². The van der Waals surface area contributed by atoms with E-state index in [-0.39, 0.29) is 5.91 Å². The van der Waals surface area contributed by atoms with Crippen molar-refractivity contribution < 1.29 is 9.53 Å². The standard InChI is InChI=1S/C23H26N4O2/c1-3-17-10-7-8-13-19(17)25-21-16-20(23(28)24-14-9-15-29-2)26-22(27-21)18-11-5-4-6-12-18/h4-8,10-13,16H,3,9,14-15H2,1-2H3,(H,24,28)(H,25,26,27). The van der Waals surface area contributed by atoms with E-state index in [0.29, 0.717) is 30.5 Å². The summed E-state index contributed by atoms with van der Waals surface area (Å²) >= 11 is 0. The molecule has 0 atom stereocenters. The summed E-state index contributed by atoms with van der Waals surface area (Å²) in [6.07, 6.45) is 1.64. The van der Waals surface area contributed by atoms with Crippen molar-refractivity contribution in [3.05, 3.63) is 71.9 Å². The van der Waals surface area contributed by atoms with Crippen molar-refractivity contribution in [2.45, 2.75) is 19.8 Å². The first-order valence-corrected chi connectivity index (χ1v) is 9.78. The Morgan fingerprint density at radius 3 is 2.55 bits per heavy atom. The van der Waals surface area contributed by atoms with E-state index in [4.69, 9.17) is 4.74 Å². The largest absolute Gasteiger partial charge is 0.385 e. The van der Waals surface area contributed by atoms with Gasteiger partial charge >= 0.3 is 0 Å². The summed E-state index contributed by atoms with van der Waals surface area (Å²) < 4.78 is 5.03. The van der Waals surface area contributed by atoms with Gasteiger partial charge in [-0.05, 0) is 24.5 Å². The number of aryl methyl sites for hydroxylation is 1. The number of ether oxygens (including phenoxy) is 1. The zero-order chi connectivity index (χ0) is 20.5. The Kier molecular flexibility index (Phi) is 7.30. The Morgan fingerprint density at radius 1 is 1.03 bits per heavy atom. The van der Waals surface area contributed by atoms with Crippen molar-refractivity contribution in [3.63, 3.8) is 0 Å². The van der Waals surface area contributed by atoms with Crippen LogP contribution in [0.5, 0.6) is 0 Å². The minimum Gasteiger partial charge on any atom is -0.385 e. The molecule has 0 radical (unpaired) electrons. The fraction of sp³-hybridized carbons (Fsp3) is 0.261. The van der Waals surface area contributed by atoms with Gasteiger partial charge in [-0.15, -0.1) is 0 Å². The number of anilines is 2. The molecule has 1 heterocycles. The Bertz CT molecular complexity index is 945. The van der Waals surface area contributed by atoms with Crippen molar-refractivity contribution in [3.8, 4) is 11.4 Å². The highest BCUT2D eigenvalue weighted by molar-refractivity contribution is 5.93. The first kappa shape index (κ1) is 20.5. The lowest BCUT2D eigenvalue weighted by Gasteiger charge is -2.13. The van der Waals surface area contributed by atoms with E-state index in [2.05, 4.69) is 33.6 Å². The lowest BCUT2D eigenvalue weighted by atomic mass is 10.1. The van der Waals surface area contributed by atoms with E-state index in [1.54, 1.807) is 13.2 Å². The number of aromatic nitrogens is 2. The van der Waals surface area contributed by atoms with E-state index in [1.807, 2.05) is 48.5 Å². The third-order valence-corrected chi connectivity index (χ3v) is 4.46. The molecule has 6 nitrogen and oxygen atoms in total. The lowest BCUT2D eigenvalue weighted by Crippen LogP contribution is -2.26. The first-order valence-electron chi connectivity index (χ1n) is 9.78. The Balaban J connectivity index is 1.91. The molecule has 0 aliphatic heterocycles. The first-order chi connectivity index (χ1) is 14.2. The summed E-state index contributed by atoms with van der Waals surface area (Å²) in [4.78, 5) is 21.8. The molecule has 150 valence electrons. The summed E-state index contributed by atoms with van der Waals surface area (Å²) in [6.45, 7) is 3.23. The summed E-state index contributed by atoms with van der Waals surface area (Å²) in [5, 5.41) is 6.24. The van der Waals surface area contributed by atoms with Gasteiger partial charge in [-0.1, -0.05) is 55.5 Å². The molecule has 2 N–H and O–H groups in total. The molecule has 0 saturated heterocycles. The number of rotatable bonds is 9. The highest BCUT2D eigenvalue weighted by Crippen LogP contribution is 2.23. The van der Waals surface area contributed by atoms with Crippen LogP contribution in [0, 0.1) is 0 Å². The topological polar surface area (TPSA) is 76.1 Å². The van der Waals surface area contributed by atoms with Crippen LogP contribution in [0.15, 0.2) is 60.7 Å². The number of carbonyl (C=O) groups excluding carboxylic acids is 1. The van der Waals surface area contributed by atoms with Crippen molar-refractivity contribution in [1.82, 2.24) is 15.3 Å². The molecule has 29 heavy (non-hydrogen) atoms. The molecule has 0 aliphatic rings. The summed E-state index contributed by atoms with van der Waals surface area (Å²) in [5.41, 5.74) is 3.33. The van der Waals surface area contributed by atoms with Crippen molar-refractivity contribution in [1.29, 1.82) is 0 Å². The maximum Gasteiger partial charge on any atom is 0.270 e. The summed E-state index contributed by atoms with van der Waals surface area (Å²) in [5.74, 6) is 0.862. The lowest BCUT2D eigenvalue weighted by molar-refractivity contribution is 0.0943. The molecule has 3 aromatic rings. The van der Waals surface area contributed by atoms with Crippen LogP contribution in [-0.4, -0.2) is 36.1 Å². The Morgan fingerprint density at radius 2 is 1.79 bits per heavy atom. The van der Waals surface area contributed by atoms with Crippen molar-refractivity contribution in [2.24, 2.45) is 0 Å². The van der Waals surface area contributed by atoms with Crippen LogP contribution < -0.4 is 10.6 Å². The number of nitrogens with one attached hydrogen (secondary N) is 2. The maximum atomic E-state index is 12.6. The van der Waals surface area contributed by atoms with E-state index in [1.165, 1.54) is 5.56 Å². The highest BCUT2D eigenvalue weighted by atomic mass is 16.5. The van der Waals surface area contributed by atoms with E-state index >= 15 is 0 Å². The quantitative estimate of drug-likeness (QED) is 0.535. The van der Waals surface area contributed by atoms with Gasteiger partial charge in [0.1, 0.15) is 11.5 Å². The Hall–Kier alpha value is -3.25. The van der Waals surface area contributed by atoms with Crippen LogP contribution in [0.3, 0.4) is 0 Å². The second-order valence-corrected chi connectivity index (χ2v) is 6.57. The molecule has 0 fully saturated rings. The number of amides is 1. The van der Waals surface area contributed by atoms with Gasteiger partial charge < -0.3 is 15.4 Å². The number of methoxy groups -OCH3 is 1. The van der Waals surface area contributed by atoms with Crippen LogP contribution in [0.2, 0.25) is 0 Å². The van der Waals surface area contributed by atoms with Crippen LogP contribution >= 0.6 is 0 Å². The van der Waals surface area contributed by atoms with Gasteiger partial charge in [0.15, 0.2) is 5.82 Å². The fourth-order valence-corrected chi connectivity index (χ4v) is 2.94. The fourth-order valence-electron chi connectivity index (χ4n) is 2.94. The number of nitrogens with zero attached hydrogens (tertiary/aromatic N) is 2. The zero-order valence-electron chi connectivity index (χ0n) is 16.8. The molecule has 1 amide bonds. The molecule has 0 saturated carbocycles. The van der Waals surface area contributed by atoms with Crippen LogP contribution in [0.4, 0.5) is 11.5 Å². The molecule has 0 aliphatic carbocycles. The number of hydrogen-bond donors (Lipinski definition) is 2. The van der Waals surface area contributed by atoms with Crippen molar-refractivity contribution in [2.75, 3.05) is 25.6 Å². The minimum absolute atomic E-state index is 0.229. The molecule has 0 spiro atoms. The third-order valence-electron chi connectivity index (χ3n) is 4.46. The third kappa shape index (κ3) is 5.62. The number of hydrogen-bond acceptors (Lipinski definition) is 5. The second kappa shape index (κ2) is 10.3. The van der Waals surface area contributed by atoms with E-state index < -0.39 is 0 Å². The molecular formula is C23H26N4O2. The molecule has 0 unspecified atom stereocenters. The van der Waals surface area contributed by atoms with Crippen LogP contribution in [-0.2, 0) is 11.2 Å². The van der Waals surface area contributed by atoms with Gasteiger partial charge in [-0.25, -0.2) is 9.97 Å². The molecule has 3 rings (SSSR count). The zero-order valence-corrected chi connectivity index (χ0v) is 16.8. The minimum atomic E-state index is -0.229. The van der Waals surface area contributed by atoms with Gasteiger partial charge in [-0.3, -0.25) is 4.79 Å². The second-order valence-electron chi connectivity index (χ2n) is 6.57. The van der Waals surface area contributed by atoms with Crippen LogP contribution in [0.25, 0.3) is 11.4 Å². The summed E-state index contributed by atoms with van der Waals surface area (Å²) in [6, 6.07) is 19.4. The van der Waals surface area contributed by atoms with Crippen LogP contribution in [0.1, 0.15) is 29.4 Å². The average Bonchev–Trinajstić information content (AvgIpc) is 2.77. The predicted molar refractivity (Wildman–Crippen MR) is 115 cm³/mol. The van der Waals surface area contributed by atoms with Gasteiger partial charge in [0.05, 0.1) is 0 Å². The Labute approximate surface area is 171 Å². The maximum absolute atomic E-state index is 12.6. The normalized spacial score (nSPS) is 10.6. The number of carbonyl (C=O) groups is 1. The van der Waals surface area contributed by atoms with Gasteiger partial charge in [0, 0.05) is 37.6 Å². The average molecular weight is 390 g/mol. The predicted octanol–water partition coefficient (Wildman–Crippen LogP) is 4.22. The van der Waals surface area contributed by atoms with Gasteiger partial charge in [-0.2, -0.15) is 0 Å². The number of para-hydroxylation sites is 1. The molecular weight excluding hydrogens is 364 g/mol. The SMILES string of the molecule is CCc1ccccc1Nc1cc(C(=O)NCCCOC)nc(-c2ccccc2)n1. The molecule has 0 bridgehead atoms. The number of benzene rings is 2. The molecule has 6 heteroatoms. The molecule has 2 aromatic carbocycles. The summed E-state index contributed by atoms with van der Waals surface area (Å²) in [7, 11) is 1.64.